The summed E-state index contributed by atoms with van der Waals surface area (Å²) in [7, 11) is -3.75. The van der Waals surface area contributed by atoms with Crippen LogP contribution >= 0.6 is 0 Å². The molecule has 130 valence electrons. The van der Waals surface area contributed by atoms with Gasteiger partial charge < -0.3 is 5.32 Å². The standard InChI is InChI=1S/C16H21FN4O2S/c1-11-9-19-21(10-11)16-4-3-14(8-15(16)17)24(22,23)20-13-5-6-18-12(2)7-13/h3-4,8-10,12-13,18,20H,5-7H2,1-2H3. The van der Waals surface area contributed by atoms with E-state index >= 15 is 0 Å². The molecule has 3 rings (SSSR count). The van der Waals surface area contributed by atoms with Crippen molar-refractivity contribution >= 4 is 10.0 Å². The van der Waals surface area contributed by atoms with Crippen LogP contribution in [0, 0.1) is 12.7 Å². The molecule has 0 aliphatic carbocycles. The average Bonchev–Trinajstić information content (AvgIpc) is 2.93. The monoisotopic (exact) mass is 352 g/mol. The molecule has 1 aromatic heterocycles. The quantitative estimate of drug-likeness (QED) is 0.879. The molecule has 1 aromatic carbocycles. The van der Waals surface area contributed by atoms with E-state index in [1.165, 1.54) is 16.8 Å². The zero-order valence-electron chi connectivity index (χ0n) is 13.7. The SMILES string of the molecule is Cc1cnn(-c2ccc(S(=O)(=O)NC3CCNC(C)C3)cc2F)c1. The minimum atomic E-state index is -3.75. The van der Waals surface area contributed by atoms with Gasteiger partial charge >= 0.3 is 0 Å². The summed E-state index contributed by atoms with van der Waals surface area (Å²) in [6, 6.07) is 4.00. The van der Waals surface area contributed by atoms with Gasteiger partial charge in [0.05, 0.1) is 11.1 Å². The van der Waals surface area contributed by atoms with Gasteiger partial charge in [0.1, 0.15) is 11.5 Å². The number of sulfonamides is 1. The van der Waals surface area contributed by atoms with Gasteiger partial charge in [0, 0.05) is 18.3 Å². The Balaban J connectivity index is 1.82. The molecular formula is C16H21FN4O2S. The average molecular weight is 352 g/mol. The van der Waals surface area contributed by atoms with Crippen molar-refractivity contribution in [1.82, 2.24) is 19.8 Å². The molecule has 0 amide bonds. The highest BCUT2D eigenvalue weighted by Crippen LogP contribution is 2.20. The number of nitrogens with zero attached hydrogens (tertiary/aromatic N) is 2. The third-order valence-corrected chi connectivity index (χ3v) is 5.65. The van der Waals surface area contributed by atoms with Gasteiger partial charge in [0.2, 0.25) is 10.0 Å². The normalized spacial score (nSPS) is 21.8. The molecule has 2 unspecified atom stereocenters. The first-order valence-corrected chi connectivity index (χ1v) is 9.40. The van der Waals surface area contributed by atoms with E-state index in [0.717, 1.165) is 24.6 Å². The van der Waals surface area contributed by atoms with Gasteiger partial charge in [0.15, 0.2) is 0 Å². The van der Waals surface area contributed by atoms with Crippen LogP contribution in [0.5, 0.6) is 0 Å². The van der Waals surface area contributed by atoms with E-state index in [0.29, 0.717) is 6.42 Å². The molecule has 0 radical (unpaired) electrons. The molecule has 0 spiro atoms. The first-order chi connectivity index (χ1) is 11.3. The number of rotatable bonds is 4. The smallest absolute Gasteiger partial charge is 0.240 e. The molecule has 24 heavy (non-hydrogen) atoms. The van der Waals surface area contributed by atoms with Crippen LogP contribution in [-0.2, 0) is 10.0 Å². The van der Waals surface area contributed by atoms with Crippen molar-refractivity contribution in [2.24, 2.45) is 0 Å². The van der Waals surface area contributed by atoms with Crippen molar-refractivity contribution in [2.45, 2.75) is 43.7 Å². The Morgan fingerprint density at radius 2 is 2.21 bits per heavy atom. The summed E-state index contributed by atoms with van der Waals surface area (Å²) in [6.45, 7) is 4.63. The minimum absolute atomic E-state index is 0.0705. The minimum Gasteiger partial charge on any atom is -0.314 e. The maximum absolute atomic E-state index is 14.4. The van der Waals surface area contributed by atoms with E-state index in [4.69, 9.17) is 0 Å². The van der Waals surface area contributed by atoms with Crippen LogP contribution in [0.3, 0.4) is 0 Å². The number of halogens is 1. The van der Waals surface area contributed by atoms with E-state index in [9.17, 15) is 12.8 Å². The summed E-state index contributed by atoms with van der Waals surface area (Å²) in [5.41, 5.74) is 1.12. The van der Waals surface area contributed by atoms with Crippen LogP contribution in [0.25, 0.3) is 5.69 Å². The van der Waals surface area contributed by atoms with Gasteiger partial charge in [-0.2, -0.15) is 5.10 Å². The lowest BCUT2D eigenvalue weighted by Crippen LogP contribution is -2.46. The van der Waals surface area contributed by atoms with Crippen molar-refractivity contribution in [3.63, 3.8) is 0 Å². The fourth-order valence-electron chi connectivity index (χ4n) is 2.91. The van der Waals surface area contributed by atoms with Gasteiger partial charge in [-0.15, -0.1) is 0 Å². The second kappa shape index (κ2) is 6.62. The Bertz CT molecular complexity index is 834. The second-order valence-electron chi connectivity index (χ2n) is 6.27. The molecule has 1 fully saturated rings. The Hall–Kier alpha value is -1.77. The van der Waals surface area contributed by atoms with Crippen LogP contribution in [0.4, 0.5) is 4.39 Å². The van der Waals surface area contributed by atoms with Crippen molar-refractivity contribution in [3.8, 4) is 5.69 Å². The van der Waals surface area contributed by atoms with Gasteiger partial charge in [-0.05, 0) is 57.0 Å². The van der Waals surface area contributed by atoms with E-state index in [1.807, 2.05) is 13.8 Å². The van der Waals surface area contributed by atoms with Crippen molar-refractivity contribution in [3.05, 3.63) is 42.0 Å². The summed E-state index contributed by atoms with van der Waals surface area (Å²) in [5, 5.41) is 7.31. The van der Waals surface area contributed by atoms with Crippen molar-refractivity contribution in [2.75, 3.05) is 6.54 Å². The number of aromatic nitrogens is 2. The van der Waals surface area contributed by atoms with Crippen LogP contribution in [-0.4, -0.2) is 36.8 Å². The Morgan fingerprint density at radius 3 is 2.83 bits per heavy atom. The van der Waals surface area contributed by atoms with Crippen LogP contribution < -0.4 is 10.0 Å². The highest BCUT2D eigenvalue weighted by Gasteiger charge is 2.25. The van der Waals surface area contributed by atoms with Crippen molar-refractivity contribution in [1.29, 1.82) is 0 Å². The Labute approximate surface area is 141 Å². The number of aryl methyl sites for hydroxylation is 1. The second-order valence-corrected chi connectivity index (χ2v) is 7.99. The summed E-state index contributed by atoms with van der Waals surface area (Å²) in [4.78, 5) is -0.0705. The van der Waals surface area contributed by atoms with Crippen LogP contribution in [0.2, 0.25) is 0 Å². The Morgan fingerprint density at radius 1 is 1.42 bits per heavy atom. The molecule has 2 atom stereocenters. The first kappa shape index (κ1) is 17.1. The topological polar surface area (TPSA) is 76.0 Å². The van der Waals surface area contributed by atoms with Gasteiger partial charge in [-0.1, -0.05) is 0 Å². The number of benzene rings is 1. The fraction of sp³-hybridized carbons (Fsp3) is 0.438. The molecule has 2 N–H and O–H groups in total. The molecule has 2 heterocycles. The lowest BCUT2D eigenvalue weighted by atomic mass is 10.0. The number of piperidine rings is 1. The van der Waals surface area contributed by atoms with E-state index in [2.05, 4.69) is 15.1 Å². The number of nitrogens with one attached hydrogen (secondary N) is 2. The zero-order chi connectivity index (χ0) is 17.3. The third kappa shape index (κ3) is 3.66. The van der Waals surface area contributed by atoms with Gasteiger partial charge in [-0.25, -0.2) is 22.2 Å². The highest BCUT2D eigenvalue weighted by atomic mass is 32.2. The highest BCUT2D eigenvalue weighted by molar-refractivity contribution is 7.89. The fourth-order valence-corrected chi connectivity index (χ4v) is 4.21. The lowest BCUT2D eigenvalue weighted by Gasteiger charge is -2.28. The number of hydrogen-bond acceptors (Lipinski definition) is 4. The maximum atomic E-state index is 14.4. The van der Waals surface area contributed by atoms with E-state index < -0.39 is 15.8 Å². The summed E-state index contributed by atoms with van der Waals surface area (Å²) >= 11 is 0. The largest absolute Gasteiger partial charge is 0.314 e. The molecule has 0 saturated carbocycles. The lowest BCUT2D eigenvalue weighted by molar-refractivity contribution is 0.361. The maximum Gasteiger partial charge on any atom is 0.240 e. The van der Waals surface area contributed by atoms with Crippen LogP contribution in [0.1, 0.15) is 25.3 Å². The Kier molecular flexibility index (Phi) is 4.71. The van der Waals surface area contributed by atoms with E-state index in [1.54, 1.807) is 12.4 Å². The van der Waals surface area contributed by atoms with Gasteiger partial charge in [-0.3, -0.25) is 0 Å². The molecule has 6 nitrogen and oxygen atoms in total. The summed E-state index contributed by atoms with van der Waals surface area (Å²) in [6.07, 6.45) is 4.73. The molecule has 1 aliphatic heterocycles. The molecule has 1 saturated heterocycles. The molecule has 0 bridgehead atoms. The van der Waals surface area contributed by atoms with Crippen molar-refractivity contribution < 1.29 is 12.8 Å². The summed E-state index contributed by atoms with van der Waals surface area (Å²) in [5.74, 6) is -0.625. The first-order valence-electron chi connectivity index (χ1n) is 7.92. The molecule has 8 heteroatoms. The molecule has 1 aliphatic rings. The van der Waals surface area contributed by atoms with Crippen LogP contribution in [0.15, 0.2) is 35.5 Å². The van der Waals surface area contributed by atoms with Gasteiger partial charge in [0.25, 0.3) is 0 Å². The van der Waals surface area contributed by atoms with E-state index in [-0.39, 0.29) is 22.7 Å². The molecular weight excluding hydrogens is 331 g/mol. The summed E-state index contributed by atoms with van der Waals surface area (Å²) < 4.78 is 43.4. The predicted octanol–water partition coefficient (Wildman–Crippen LogP) is 1.74. The predicted molar refractivity (Wildman–Crippen MR) is 89.1 cm³/mol. The number of hydrogen-bond donors (Lipinski definition) is 2. The third-order valence-electron chi connectivity index (χ3n) is 4.13. The zero-order valence-corrected chi connectivity index (χ0v) is 14.5. The molecule has 2 aromatic rings.